The zero-order valence-corrected chi connectivity index (χ0v) is 17.8. The standard InChI is InChI=1S/C18H17N2O5.2C2H6/c1-4-6-10-13(5-2)18(22)16-15(19-24-20(16)25-23-3)17(21)14-11-8-7-9-12-14;2*1-2/h4-12H,2H2,1,3H3;2*1-2H3/q+1;;/b6-4-,13-10+;;. The number of carbonyl (C=O) groups is 2. The Morgan fingerprint density at radius 1 is 1.14 bits per heavy atom. The summed E-state index contributed by atoms with van der Waals surface area (Å²) in [7, 11) is 1.23. The topological polar surface area (TPSA) is 82.5 Å². The molecule has 0 saturated heterocycles. The first-order valence-electron chi connectivity index (χ1n) is 9.37. The van der Waals surface area contributed by atoms with Gasteiger partial charge in [0.2, 0.25) is 11.6 Å². The molecule has 2 aromatic rings. The van der Waals surface area contributed by atoms with Crippen LogP contribution in [0.15, 0.2) is 71.4 Å². The van der Waals surface area contributed by atoms with Crippen molar-refractivity contribution in [3.05, 3.63) is 83.7 Å². The predicted molar refractivity (Wildman–Crippen MR) is 110 cm³/mol. The second kappa shape index (κ2) is 14.7. The Kier molecular flexibility index (Phi) is 13.0. The Bertz CT molecular complexity index is 836. The number of ketones is 2. The fraction of sp³-hybridized carbons (Fsp3) is 0.273. The molecule has 0 aliphatic carbocycles. The summed E-state index contributed by atoms with van der Waals surface area (Å²) in [5, 5.41) is 3.66. The van der Waals surface area contributed by atoms with E-state index >= 15 is 0 Å². The van der Waals surface area contributed by atoms with Crippen LogP contribution in [-0.2, 0) is 4.89 Å². The van der Waals surface area contributed by atoms with E-state index in [0.29, 0.717) is 10.5 Å². The van der Waals surface area contributed by atoms with E-state index in [0.717, 1.165) is 0 Å². The van der Waals surface area contributed by atoms with Crippen molar-refractivity contribution in [1.82, 2.24) is 5.16 Å². The number of allylic oxidation sites excluding steroid dienone is 5. The highest BCUT2D eigenvalue weighted by Crippen LogP contribution is 2.14. The van der Waals surface area contributed by atoms with Gasteiger partial charge >= 0.3 is 11.4 Å². The second-order valence-electron chi connectivity index (χ2n) is 4.74. The minimum atomic E-state index is -0.550. The fourth-order valence-electron chi connectivity index (χ4n) is 2.01. The van der Waals surface area contributed by atoms with Crippen LogP contribution in [0, 0.1) is 0 Å². The van der Waals surface area contributed by atoms with Crippen molar-refractivity contribution in [1.29, 1.82) is 0 Å². The number of Topliss-reactive ketones (excluding diaryl/α,β-unsaturated/α-hetero) is 1. The van der Waals surface area contributed by atoms with Gasteiger partial charge in [0.1, 0.15) is 0 Å². The fourth-order valence-corrected chi connectivity index (χ4v) is 2.01. The molecular weight excluding hydrogens is 372 g/mol. The van der Waals surface area contributed by atoms with Crippen LogP contribution in [0.4, 0.5) is 0 Å². The highest BCUT2D eigenvalue weighted by molar-refractivity contribution is 6.17. The second-order valence-corrected chi connectivity index (χ2v) is 4.74. The molecule has 7 heteroatoms. The number of hydrogen-bond donors (Lipinski definition) is 0. The summed E-state index contributed by atoms with van der Waals surface area (Å²) < 4.78 is 4.90. The summed E-state index contributed by atoms with van der Waals surface area (Å²) in [5.41, 5.74) is 0.191. The number of rotatable bonds is 8. The quantitative estimate of drug-likeness (QED) is 0.218. The van der Waals surface area contributed by atoms with E-state index in [1.54, 1.807) is 55.5 Å². The summed E-state index contributed by atoms with van der Waals surface area (Å²) in [6.07, 6.45) is 6.34. The number of carbonyl (C=O) groups excluding carboxylic acids is 2. The minimum Gasteiger partial charge on any atom is -0.284 e. The maximum atomic E-state index is 12.8. The summed E-state index contributed by atoms with van der Waals surface area (Å²) in [4.78, 5) is 35.4. The van der Waals surface area contributed by atoms with Crippen LogP contribution in [0.1, 0.15) is 61.2 Å². The zero-order chi connectivity index (χ0) is 22.2. The Morgan fingerprint density at radius 3 is 2.28 bits per heavy atom. The molecule has 0 saturated carbocycles. The normalized spacial score (nSPS) is 10.3. The third kappa shape index (κ3) is 6.97. The molecule has 0 atom stereocenters. The molecular formula is C22H29N2O5+. The van der Waals surface area contributed by atoms with Crippen molar-refractivity contribution >= 4 is 11.6 Å². The Morgan fingerprint density at radius 2 is 1.76 bits per heavy atom. The Hall–Kier alpha value is -3.32. The van der Waals surface area contributed by atoms with Crippen LogP contribution < -0.4 is 9.89 Å². The van der Waals surface area contributed by atoms with Gasteiger partial charge in [0.05, 0.1) is 7.11 Å². The third-order valence-electron chi connectivity index (χ3n) is 3.17. The lowest BCUT2D eigenvalue weighted by Crippen LogP contribution is -2.46. The third-order valence-corrected chi connectivity index (χ3v) is 3.17. The first kappa shape index (κ1) is 25.7. The lowest BCUT2D eigenvalue weighted by Gasteiger charge is -1.98. The number of benzene rings is 1. The molecule has 0 radical (unpaired) electrons. The van der Waals surface area contributed by atoms with E-state index < -0.39 is 11.6 Å². The molecule has 0 unspecified atom stereocenters. The zero-order valence-electron chi connectivity index (χ0n) is 17.8. The van der Waals surface area contributed by atoms with E-state index in [9.17, 15) is 9.59 Å². The molecule has 0 amide bonds. The van der Waals surface area contributed by atoms with Crippen LogP contribution in [0.2, 0.25) is 0 Å². The summed E-state index contributed by atoms with van der Waals surface area (Å²) in [5.74, 6) is -1.04. The van der Waals surface area contributed by atoms with E-state index in [1.165, 1.54) is 13.2 Å². The maximum absolute atomic E-state index is 12.8. The van der Waals surface area contributed by atoms with Crippen molar-refractivity contribution in [3.8, 4) is 0 Å². The minimum absolute atomic E-state index is 0.193. The van der Waals surface area contributed by atoms with Gasteiger partial charge in [-0.2, -0.15) is 0 Å². The molecule has 7 nitrogen and oxygen atoms in total. The molecule has 0 aliphatic heterocycles. The number of nitrogens with zero attached hydrogens (tertiary/aromatic N) is 2. The Labute approximate surface area is 171 Å². The maximum Gasteiger partial charge on any atom is 0.330 e. The summed E-state index contributed by atoms with van der Waals surface area (Å²) in [6, 6.07) is 8.40. The molecule has 1 aromatic heterocycles. The molecule has 156 valence electrons. The van der Waals surface area contributed by atoms with Crippen molar-refractivity contribution in [2.45, 2.75) is 34.6 Å². The van der Waals surface area contributed by atoms with Gasteiger partial charge in [-0.3, -0.25) is 9.59 Å². The molecule has 0 N–H and O–H groups in total. The molecule has 0 fully saturated rings. The predicted octanol–water partition coefficient (Wildman–Crippen LogP) is 4.11. The molecule has 1 aromatic carbocycles. The molecule has 0 spiro atoms. The average molecular weight is 401 g/mol. The van der Waals surface area contributed by atoms with Crippen molar-refractivity contribution in [2.24, 2.45) is 0 Å². The largest absolute Gasteiger partial charge is 0.330 e. The smallest absolute Gasteiger partial charge is 0.284 e. The van der Waals surface area contributed by atoms with Crippen LogP contribution in [-0.4, -0.2) is 23.8 Å². The molecule has 29 heavy (non-hydrogen) atoms. The Balaban J connectivity index is 0.00000184. The molecule has 0 bridgehead atoms. The van der Waals surface area contributed by atoms with Gasteiger partial charge in [0.25, 0.3) is 0 Å². The lowest BCUT2D eigenvalue weighted by atomic mass is 10.0. The highest BCUT2D eigenvalue weighted by Gasteiger charge is 2.39. The van der Waals surface area contributed by atoms with Crippen LogP contribution >= 0.6 is 0 Å². The van der Waals surface area contributed by atoms with Gasteiger partial charge in [-0.1, -0.05) is 88.9 Å². The molecule has 1 heterocycles. The van der Waals surface area contributed by atoms with E-state index in [-0.39, 0.29) is 17.0 Å². The molecule has 0 aliphatic rings. The number of hydrogen-bond acceptors (Lipinski definition) is 6. The van der Waals surface area contributed by atoms with Gasteiger partial charge in [0, 0.05) is 11.1 Å². The monoisotopic (exact) mass is 401 g/mol. The van der Waals surface area contributed by atoms with Crippen LogP contribution in [0.3, 0.4) is 0 Å². The van der Waals surface area contributed by atoms with Gasteiger partial charge in [0.15, 0.2) is 10.1 Å². The van der Waals surface area contributed by atoms with Gasteiger partial charge < -0.3 is 0 Å². The van der Waals surface area contributed by atoms with Crippen LogP contribution in [0.25, 0.3) is 0 Å². The number of aromatic nitrogens is 2. The van der Waals surface area contributed by atoms with E-state index in [4.69, 9.17) is 9.62 Å². The summed E-state index contributed by atoms with van der Waals surface area (Å²) in [6.45, 7) is 13.4. The first-order valence-corrected chi connectivity index (χ1v) is 9.37. The first-order chi connectivity index (χ1) is 14.1. The van der Waals surface area contributed by atoms with Crippen molar-refractivity contribution < 1.29 is 29.0 Å². The van der Waals surface area contributed by atoms with Crippen molar-refractivity contribution in [2.75, 3.05) is 7.11 Å². The van der Waals surface area contributed by atoms with E-state index in [2.05, 4.69) is 16.6 Å². The molecule has 2 rings (SSSR count). The summed E-state index contributed by atoms with van der Waals surface area (Å²) >= 11 is 0. The lowest BCUT2D eigenvalue weighted by molar-refractivity contribution is -1.07. The van der Waals surface area contributed by atoms with Crippen LogP contribution in [0.5, 0.6) is 0 Å². The van der Waals surface area contributed by atoms with Crippen molar-refractivity contribution in [3.63, 3.8) is 0 Å². The van der Waals surface area contributed by atoms with Gasteiger partial charge in [-0.05, 0) is 11.6 Å². The SMILES string of the molecule is C=C/C(=C\C=C/C)C(=O)c1c(C(=O)c2ccccc2)no[n+]1OOC.CC.CC. The van der Waals surface area contributed by atoms with E-state index in [1.807, 2.05) is 27.7 Å². The van der Waals surface area contributed by atoms with Gasteiger partial charge in [-0.25, -0.2) is 0 Å². The van der Waals surface area contributed by atoms with Gasteiger partial charge in [-0.15, -0.1) is 9.88 Å². The average Bonchev–Trinajstić information content (AvgIpc) is 3.20. The highest BCUT2D eigenvalue weighted by atomic mass is 17.3.